The molecule has 0 heterocycles. The molecule has 0 amide bonds. The van der Waals surface area contributed by atoms with Gasteiger partial charge in [-0.2, -0.15) is 0 Å². The van der Waals surface area contributed by atoms with Crippen LogP contribution >= 0.6 is 0 Å². The van der Waals surface area contributed by atoms with Crippen molar-refractivity contribution in [2.24, 2.45) is 11.7 Å². The highest BCUT2D eigenvalue weighted by molar-refractivity contribution is 4.86. The Balaban J connectivity index is 2.02. The maximum Gasteiger partial charge on any atom is 0.0601 e. The van der Waals surface area contributed by atoms with Gasteiger partial charge in [0.2, 0.25) is 0 Å². The Morgan fingerprint density at radius 1 is 1.46 bits per heavy atom. The highest BCUT2D eigenvalue weighted by Gasteiger charge is 2.28. The molecule has 1 aliphatic rings. The molecule has 1 saturated carbocycles. The summed E-state index contributed by atoms with van der Waals surface area (Å²) in [5, 5.41) is 3.46. The predicted molar refractivity (Wildman–Crippen MR) is 54.6 cm³/mol. The van der Waals surface area contributed by atoms with Gasteiger partial charge in [0.15, 0.2) is 0 Å². The highest BCUT2D eigenvalue weighted by Crippen LogP contribution is 2.22. The molecule has 0 aliphatic heterocycles. The van der Waals surface area contributed by atoms with Crippen LogP contribution in [0.15, 0.2) is 0 Å². The molecular formula is C10H22N2O. The van der Waals surface area contributed by atoms with Crippen LogP contribution in [-0.2, 0) is 4.74 Å². The van der Waals surface area contributed by atoms with Crippen molar-refractivity contribution < 1.29 is 4.74 Å². The van der Waals surface area contributed by atoms with E-state index in [1.165, 1.54) is 0 Å². The Bertz CT molecular complexity index is 144. The van der Waals surface area contributed by atoms with Gasteiger partial charge in [0, 0.05) is 25.7 Å². The minimum absolute atomic E-state index is 0.279. The molecule has 0 bridgehead atoms. The Morgan fingerprint density at radius 2 is 2.08 bits per heavy atom. The van der Waals surface area contributed by atoms with E-state index in [2.05, 4.69) is 19.2 Å². The van der Waals surface area contributed by atoms with E-state index in [0.29, 0.717) is 18.1 Å². The lowest BCUT2D eigenvalue weighted by Crippen LogP contribution is -2.49. The topological polar surface area (TPSA) is 47.3 Å². The SMILES string of the molecule is COC1CC(NCC(N)C(C)C)C1. The number of hydrogen-bond acceptors (Lipinski definition) is 3. The maximum atomic E-state index is 5.92. The van der Waals surface area contributed by atoms with Crippen molar-refractivity contribution in [1.82, 2.24) is 5.32 Å². The van der Waals surface area contributed by atoms with Gasteiger partial charge in [-0.15, -0.1) is 0 Å². The quantitative estimate of drug-likeness (QED) is 0.665. The second kappa shape index (κ2) is 4.94. The molecular weight excluding hydrogens is 164 g/mol. The average Bonchev–Trinajstić information content (AvgIpc) is 2.01. The first kappa shape index (κ1) is 11.0. The van der Waals surface area contributed by atoms with Crippen LogP contribution in [0.25, 0.3) is 0 Å². The lowest BCUT2D eigenvalue weighted by atomic mass is 9.89. The first-order valence-electron chi connectivity index (χ1n) is 5.15. The number of nitrogens with one attached hydrogen (secondary N) is 1. The van der Waals surface area contributed by atoms with Crippen molar-refractivity contribution in [3.05, 3.63) is 0 Å². The molecule has 13 heavy (non-hydrogen) atoms. The Morgan fingerprint density at radius 3 is 2.54 bits per heavy atom. The van der Waals surface area contributed by atoms with E-state index in [0.717, 1.165) is 19.4 Å². The monoisotopic (exact) mass is 186 g/mol. The summed E-state index contributed by atoms with van der Waals surface area (Å²) in [7, 11) is 1.78. The number of methoxy groups -OCH3 is 1. The number of rotatable bonds is 5. The van der Waals surface area contributed by atoms with Gasteiger partial charge in [0.1, 0.15) is 0 Å². The Hall–Kier alpha value is -0.120. The lowest BCUT2D eigenvalue weighted by molar-refractivity contribution is 0.0169. The van der Waals surface area contributed by atoms with Gasteiger partial charge >= 0.3 is 0 Å². The number of ether oxygens (including phenoxy) is 1. The molecule has 1 aliphatic carbocycles. The molecule has 0 aromatic heterocycles. The van der Waals surface area contributed by atoms with E-state index < -0.39 is 0 Å². The summed E-state index contributed by atoms with van der Waals surface area (Å²) < 4.78 is 5.20. The second-order valence-corrected chi connectivity index (χ2v) is 4.34. The van der Waals surface area contributed by atoms with Crippen LogP contribution in [-0.4, -0.2) is 31.8 Å². The molecule has 1 rings (SSSR count). The molecule has 0 saturated heterocycles. The summed E-state index contributed by atoms with van der Waals surface area (Å²) in [6.07, 6.45) is 2.76. The largest absolute Gasteiger partial charge is 0.381 e. The molecule has 1 atom stereocenters. The van der Waals surface area contributed by atoms with Gasteiger partial charge in [-0.25, -0.2) is 0 Å². The zero-order valence-electron chi connectivity index (χ0n) is 8.92. The highest BCUT2D eigenvalue weighted by atomic mass is 16.5. The standard InChI is InChI=1S/C10H22N2O/c1-7(2)10(11)6-12-8-4-9(5-8)13-3/h7-10,12H,4-6,11H2,1-3H3. The molecule has 0 spiro atoms. The van der Waals surface area contributed by atoms with Crippen LogP contribution in [0.4, 0.5) is 0 Å². The zero-order valence-corrected chi connectivity index (χ0v) is 8.92. The second-order valence-electron chi connectivity index (χ2n) is 4.34. The summed E-state index contributed by atoms with van der Waals surface area (Å²) in [6.45, 7) is 5.24. The van der Waals surface area contributed by atoms with Crippen LogP contribution in [0.2, 0.25) is 0 Å². The van der Waals surface area contributed by atoms with E-state index in [9.17, 15) is 0 Å². The maximum absolute atomic E-state index is 5.92. The predicted octanol–water partition coefficient (Wildman–Crippen LogP) is 0.737. The van der Waals surface area contributed by atoms with Gasteiger partial charge in [-0.3, -0.25) is 0 Å². The average molecular weight is 186 g/mol. The van der Waals surface area contributed by atoms with E-state index in [-0.39, 0.29) is 6.04 Å². The van der Waals surface area contributed by atoms with Crippen LogP contribution in [0.5, 0.6) is 0 Å². The smallest absolute Gasteiger partial charge is 0.0601 e. The summed E-state index contributed by atoms with van der Waals surface area (Å²) >= 11 is 0. The molecule has 3 heteroatoms. The summed E-state index contributed by atoms with van der Waals surface area (Å²) in [5.41, 5.74) is 5.92. The van der Waals surface area contributed by atoms with E-state index in [1.807, 2.05) is 0 Å². The summed E-state index contributed by atoms with van der Waals surface area (Å²) in [4.78, 5) is 0. The number of nitrogens with two attached hydrogens (primary N) is 1. The van der Waals surface area contributed by atoms with Crippen molar-refractivity contribution >= 4 is 0 Å². The van der Waals surface area contributed by atoms with E-state index in [1.54, 1.807) is 7.11 Å². The van der Waals surface area contributed by atoms with Crippen LogP contribution in [0, 0.1) is 5.92 Å². The van der Waals surface area contributed by atoms with Crippen molar-refractivity contribution in [1.29, 1.82) is 0 Å². The van der Waals surface area contributed by atoms with Gasteiger partial charge in [0.05, 0.1) is 6.10 Å². The van der Waals surface area contributed by atoms with Crippen molar-refractivity contribution in [2.75, 3.05) is 13.7 Å². The van der Waals surface area contributed by atoms with Gasteiger partial charge in [0.25, 0.3) is 0 Å². The molecule has 0 aromatic carbocycles. The molecule has 78 valence electrons. The van der Waals surface area contributed by atoms with Crippen molar-refractivity contribution in [3.8, 4) is 0 Å². The normalized spacial score (nSPS) is 30.2. The molecule has 1 unspecified atom stereocenters. The first-order valence-corrected chi connectivity index (χ1v) is 5.15. The van der Waals surface area contributed by atoms with Crippen molar-refractivity contribution in [2.45, 2.75) is 44.9 Å². The van der Waals surface area contributed by atoms with Gasteiger partial charge in [-0.1, -0.05) is 13.8 Å². The number of hydrogen-bond donors (Lipinski definition) is 2. The zero-order chi connectivity index (χ0) is 9.84. The van der Waals surface area contributed by atoms with Crippen LogP contribution in [0.3, 0.4) is 0 Å². The fraction of sp³-hybridized carbons (Fsp3) is 1.00. The molecule has 3 nitrogen and oxygen atoms in total. The third-order valence-electron chi connectivity index (χ3n) is 2.93. The minimum atomic E-state index is 0.279. The van der Waals surface area contributed by atoms with Crippen molar-refractivity contribution in [3.63, 3.8) is 0 Å². The van der Waals surface area contributed by atoms with Gasteiger partial charge in [-0.05, 0) is 18.8 Å². The molecule has 0 aromatic rings. The molecule has 3 N–H and O–H groups in total. The third kappa shape index (κ3) is 3.25. The third-order valence-corrected chi connectivity index (χ3v) is 2.93. The van der Waals surface area contributed by atoms with Crippen LogP contribution in [0.1, 0.15) is 26.7 Å². The fourth-order valence-electron chi connectivity index (χ4n) is 1.46. The fourth-order valence-corrected chi connectivity index (χ4v) is 1.46. The molecule has 0 radical (unpaired) electrons. The van der Waals surface area contributed by atoms with E-state index >= 15 is 0 Å². The van der Waals surface area contributed by atoms with Crippen LogP contribution < -0.4 is 11.1 Å². The summed E-state index contributed by atoms with van der Waals surface area (Å²) in [6, 6.07) is 0.913. The van der Waals surface area contributed by atoms with E-state index in [4.69, 9.17) is 10.5 Å². The molecule has 1 fully saturated rings. The first-order chi connectivity index (χ1) is 6.13. The summed E-state index contributed by atoms with van der Waals surface area (Å²) in [5.74, 6) is 0.561. The Kier molecular flexibility index (Phi) is 4.16. The minimum Gasteiger partial charge on any atom is -0.381 e. The lowest BCUT2D eigenvalue weighted by Gasteiger charge is -2.35. The Labute approximate surface area is 81.0 Å². The van der Waals surface area contributed by atoms with Gasteiger partial charge < -0.3 is 15.8 Å².